The molecule has 0 amide bonds. The van der Waals surface area contributed by atoms with Crippen LogP contribution in [-0.2, 0) is 5.41 Å². The quantitative estimate of drug-likeness (QED) is 0.545. The van der Waals surface area contributed by atoms with Gasteiger partial charge in [-0.15, -0.1) is 0 Å². The zero-order valence-electron chi connectivity index (χ0n) is 11.7. The third-order valence-corrected chi connectivity index (χ3v) is 5.92. The van der Waals surface area contributed by atoms with E-state index in [1.165, 1.54) is 32.5 Å². The molecule has 1 aromatic rings. The molecule has 1 rings (SSSR count). The van der Waals surface area contributed by atoms with Crippen molar-refractivity contribution in [3.05, 3.63) is 35.9 Å². The SMILES string of the molecule is CC(C)([CH2][SnH])c1ccccc1.NC(CO)(CO)CO. The van der Waals surface area contributed by atoms with E-state index in [2.05, 4.69) is 44.2 Å². The van der Waals surface area contributed by atoms with Crippen molar-refractivity contribution in [2.45, 2.75) is 29.2 Å². The van der Waals surface area contributed by atoms with Gasteiger partial charge < -0.3 is 21.1 Å². The van der Waals surface area contributed by atoms with Gasteiger partial charge in [-0.25, -0.2) is 0 Å². The van der Waals surface area contributed by atoms with E-state index in [-0.39, 0.29) is 0 Å². The summed E-state index contributed by atoms with van der Waals surface area (Å²) in [5.74, 6) is 0. The van der Waals surface area contributed by atoms with Crippen molar-refractivity contribution in [2.75, 3.05) is 19.8 Å². The van der Waals surface area contributed by atoms with E-state index in [9.17, 15) is 0 Å². The molecule has 0 heterocycles. The third kappa shape index (κ3) is 6.72. The Morgan fingerprint density at radius 2 is 1.42 bits per heavy atom. The summed E-state index contributed by atoms with van der Waals surface area (Å²) in [7, 11) is 0. The fourth-order valence-electron chi connectivity index (χ4n) is 1.16. The minimum absolute atomic E-state index is 0.392. The molecule has 0 fully saturated rings. The molecule has 5 N–H and O–H groups in total. The zero-order valence-corrected chi connectivity index (χ0v) is 15.0. The molecule has 0 aliphatic heterocycles. The number of rotatable bonds is 5. The summed E-state index contributed by atoms with van der Waals surface area (Å²) in [5, 5.41) is 25.0. The standard InChI is InChI=1S/C10H13.C4H11NO3.Sn.H/c1-10(2,3)9-7-5-4-6-8-9;5-4(1-6,2-7)3-8;;/h4-8H,1H2,2-3H3;6-8H,1-3,5H2;;. The van der Waals surface area contributed by atoms with E-state index < -0.39 is 25.4 Å². The Balaban J connectivity index is 0.000000362. The Kier molecular flexibility index (Phi) is 8.85. The average Bonchev–Trinajstić information content (AvgIpc) is 2.48. The van der Waals surface area contributed by atoms with Gasteiger partial charge >= 0.3 is 82.1 Å². The number of hydrogen-bond donors (Lipinski definition) is 4. The molecule has 0 aliphatic rings. The van der Waals surface area contributed by atoms with E-state index in [0.29, 0.717) is 5.41 Å². The van der Waals surface area contributed by atoms with Crippen molar-refractivity contribution in [2.24, 2.45) is 5.73 Å². The predicted octanol–water partition coefficient (Wildman–Crippen LogP) is -0.0559. The van der Waals surface area contributed by atoms with E-state index >= 15 is 0 Å². The minimum Gasteiger partial charge on any atom is -0.394 e. The molecule has 0 unspecified atom stereocenters. The number of benzene rings is 1. The van der Waals surface area contributed by atoms with Gasteiger partial charge in [0.25, 0.3) is 0 Å². The largest absolute Gasteiger partial charge is 0.394 e. The van der Waals surface area contributed by atoms with Crippen LogP contribution in [0.2, 0.25) is 4.44 Å². The van der Waals surface area contributed by atoms with Gasteiger partial charge in [0.2, 0.25) is 0 Å². The first kappa shape index (κ1) is 18.9. The monoisotopic (exact) mass is 375 g/mol. The fourth-order valence-corrected chi connectivity index (χ4v) is 1.83. The molecule has 108 valence electrons. The molecule has 1 aromatic carbocycles. The van der Waals surface area contributed by atoms with Crippen molar-refractivity contribution in [1.82, 2.24) is 0 Å². The summed E-state index contributed by atoms with van der Waals surface area (Å²) in [4.78, 5) is 0. The summed E-state index contributed by atoms with van der Waals surface area (Å²) in [5.41, 5.74) is 5.80. The topological polar surface area (TPSA) is 86.7 Å². The first-order valence-electron chi connectivity index (χ1n) is 6.22. The van der Waals surface area contributed by atoms with E-state index in [4.69, 9.17) is 21.1 Å². The van der Waals surface area contributed by atoms with Crippen LogP contribution in [0.15, 0.2) is 30.3 Å². The minimum atomic E-state index is -1.21. The molecule has 0 aliphatic carbocycles. The second-order valence-corrected chi connectivity index (χ2v) is 6.46. The van der Waals surface area contributed by atoms with Gasteiger partial charge in [-0.1, -0.05) is 0 Å². The van der Waals surface area contributed by atoms with Crippen LogP contribution in [0.3, 0.4) is 0 Å². The average molecular weight is 374 g/mol. The van der Waals surface area contributed by atoms with Gasteiger partial charge in [0, 0.05) is 0 Å². The first-order chi connectivity index (χ1) is 8.85. The Bertz CT molecular complexity index is 332. The molecule has 0 saturated carbocycles. The number of aliphatic hydroxyl groups is 3. The first-order valence-corrected chi connectivity index (χ1v) is 8.55. The van der Waals surface area contributed by atoms with Gasteiger partial charge in [-0.2, -0.15) is 0 Å². The van der Waals surface area contributed by atoms with Crippen molar-refractivity contribution in [1.29, 1.82) is 0 Å². The second kappa shape index (κ2) is 8.92. The third-order valence-electron chi connectivity index (χ3n) is 3.01. The Hall–Kier alpha value is -0.141. The molecule has 5 heteroatoms. The number of nitrogens with two attached hydrogens (primary N) is 1. The van der Waals surface area contributed by atoms with Gasteiger partial charge in [0.05, 0.1) is 25.4 Å². The molecule has 4 nitrogen and oxygen atoms in total. The molecule has 0 spiro atoms. The molecule has 0 bridgehead atoms. The van der Waals surface area contributed by atoms with E-state index in [1.54, 1.807) is 0 Å². The zero-order chi connectivity index (χ0) is 14.9. The maximum absolute atomic E-state index is 8.34. The van der Waals surface area contributed by atoms with Gasteiger partial charge in [0.1, 0.15) is 0 Å². The summed E-state index contributed by atoms with van der Waals surface area (Å²) in [6.45, 7) is 3.42. The smallest absolute Gasteiger partial charge is 0.0856 e. The maximum atomic E-state index is 8.34. The van der Waals surface area contributed by atoms with Gasteiger partial charge in [0.15, 0.2) is 0 Å². The summed E-state index contributed by atoms with van der Waals surface area (Å²) in [6.07, 6.45) is 0. The Labute approximate surface area is 128 Å². The molecule has 0 saturated heterocycles. The van der Waals surface area contributed by atoms with Crippen molar-refractivity contribution < 1.29 is 15.3 Å². The van der Waals surface area contributed by atoms with Crippen LogP contribution in [0.5, 0.6) is 0 Å². The van der Waals surface area contributed by atoms with Crippen molar-refractivity contribution in [3.8, 4) is 0 Å². The van der Waals surface area contributed by atoms with Crippen molar-refractivity contribution >= 4 is 22.5 Å². The van der Waals surface area contributed by atoms with E-state index in [0.717, 1.165) is 0 Å². The molecular weight excluding hydrogens is 349 g/mol. The van der Waals surface area contributed by atoms with Crippen LogP contribution in [0.25, 0.3) is 0 Å². The summed E-state index contributed by atoms with van der Waals surface area (Å²) in [6, 6.07) is 10.7. The summed E-state index contributed by atoms with van der Waals surface area (Å²) < 4.78 is 1.32. The molecule has 0 aromatic heterocycles. The van der Waals surface area contributed by atoms with Gasteiger partial charge in [-0.05, 0) is 0 Å². The molecule has 2 radical (unpaired) electrons. The van der Waals surface area contributed by atoms with Crippen LogP contribution >= 0.6 is 0 Å². The van der Waals surface area contributed by atoms with Gasteiger partial charge in [-0.3, -0.25) is 0 Å². The molecular formula is C14H25NO3Sn. The van der Waals surface area contributed by atoms with Crippen LogP contribution < -0.4 is 5.73 Å². The van der Waals surface area contributed by atoms with Crippen LogP contribution in [-0.4, -0.2) is 63.2 Å². The number of aliphatic hydroxyl groups excluding tert-OH is 3. The van der Waals surface area contributed by atoms with Crippen LogP contribution in [0, 0.1) is 0 Å². The Morgan fingerprint density at radius 1 is 1.00 bits per heavy atom. The molecule has 19 heavy (non-hydrogen) atoms. The maximum Gasteiger partial charge on any atom is 0.0856 e. The predicted molar refractivity (Wildman–Crippen MR) is 79.6 cm³/mol. The fraction of sp³-hybridized carbons (Fsp3) is 0.571. The van der Waals surface area contributed by atoms with Crippen molar-refractivity contribution in [3.63, 3.8) is 0 Å². The Morgan fingerprint density at radius 3 is 1.68 bits per heavy atom. The molecule has 0 atom stereocenters. The number of hydrogen-bond acceptors (Lipinski definition) is 4. The normalized spacial score (nSPS) is 11.7. The van der Waals surface area contributed by atoms with Crippen LogP contribution in [0.1, 0.15) is 19.4 Å². The summed E-state index contributed by atoms with van der Waals surface area (Å²) >= 11 is 1.34. The van der Waals surface area contributed by atoms with Crippen LogP contribution in [0.4, 0.5) is 0 Å². The second-order valence-electron chi connectivity index (χ2n) is 5.29. The van der Waals surface area contributed by atoms with E-state index in [1.807, 2.05) is 0 Å².